The van der Waals surface area contributed by atoms with Gasteiger partial charge in [0, 0.05) is 0 Å². The molecule has 2 aromatic carbocycles. The van der Waals surface area contributed by atoms with Gasteiger partial charge in [0.15, 0.2) is 0 Å². The van der Waals surface area contributed by atoms with Crippen molar-refractivity contribution >= 4 is 33.0 Å². The van der Waals surface area contributed by atoms with Crippen LogP contribution in [0.15, 0.2) is 46.9 Å². The third kappa shape index (κ3) is 4.47. The van der Waals surface area contributed by atoms with Crippen molar-refractivity contribution in [3.8, 4) is 5.75 Å². The second-order valence-electron chi connectivity index (χ2n) is 8.14. The summed E-state index contributed by atoms with van der Waals surface area (Å²) in [6, 6.07) is 12.8. The lowest BCUT2D eigenvalue weighted by Crippen LogP contribution is -2.39. The summed E-state index contributed by atoms with van der Waals surface area (Å²) in [5.74, 6) is 0.903. The Bertz CT molecular complexity index is 754. The number of ether oxygens (including phenoxy) is 1. The Labute approximate surface area is 142 Å². The van der Waals surface area contributed by atoms with Crippen LogP contribution >= 0.6 is 0 Å². The molecule has 0 aliphatic heterocycles. The molecule has 0 saturated carbocycles. The smallest absolute Gasteiger partial charge is 0.119 e. The molecule has 1 nitrogen and oxygen atoms in total. The maximum absolute atomic E-state index is 5.29. The molecule has 0 atom stereocenters. The Morgan fingerprint density at radius 1 is 0.870 bits per heavy atom. The minimum absolute atomic E-state index is 0.903. The molecule has 23 heavy (non-hydrogen) atoms. The maximum Gasteiger partial charge on any atom is 0.119 e. The number of fused-ring (bicyclic) bond motifs is 1. The molecule has 0 radical (unpaired) electrons. The van der Waals surface area contributed by atoms with Crippen LogP contribution in [-0.4, -0.2) is 23.3 Å². The highest BCUT2D eigenvalue weighted by molar-refractivity contribution is 7.04. The van der Waals surface area contributed by atoms with Gasteiger partial charge in [-0.3, -0.25) is 0 Å². The first-order valence-electron chi connectivity index (χ1n) is 8.17. The number of benzene rings is 2. The van der Waals surface area contributed by atoms with Gasteiger partial charge < -0.3 is 4.74 Å². The molecule has 0 fully saturated rings. The van der Waals surface area contributed by atoms with Crippen LogP contribution in [0.2, 0.25) is 39.3 Å². The summed E-state index contributed by atoms with van der Waals surface area (Å²) in [6.07, 6.45) is 2.18. The molecule has 0 aromatic heterocycles. The molecule has 0 spiro atoms. The molecule has 0 saturated heterocycles. The zero-order valence-corrected chi connectivity index (χ0v) is 17.4. The fraction of sp³-hybridized carbons (Fsp3) is 0.350. The maximum atomic E-state index is 5.29. The third-order valence-corrected chi connectivity index (χ3v) is 11.7. The Kier molecular flexibility index (Phi) is 5.05. The summed E-state index contributed by atoms with van der Waals surface area (Å²) < 4.78 is 5.29. The Balaban J connectivity index is 2.49. The second kappa shape index (κ2) is 6.52. The first kappa shape index (κ1) is 17.8. The second-order valence-corrected chi connectivity index (χ2v) is 18.6. The number of rotatable bonds is 4. The third-order valence-electron chi connectivity index (χ3n) is 3.95. The van der Waals surface area contributed by atoms with Crippen LogP contribution in [0.25, 0.3) is 16.8 Å². The Morgan fingerprint density at radius 2 is 1.43 bits per heavy atom. The van der Waals surface area contributed by atoms with E-state index in [9.17, 15) is 0 Å². The van der Waals surface area contributed by atoms with Gasteiger partial charge in [0.25, 0.3) is 0 Å². The largest absolute Gasteiger partial charge is 0.497 e. The summed E-state index contributed by atoms with van der Waals surface area (Å²) in [6.45, 7) is 14.5. The van der Waals surface area contributed by atoms with Gasteiger partial charge in [0.2, 0.25) is 0 Å². The number of hydrogen-bond acceptors (Lipinski definition) is 1. The Hall–Kier alpha value is -1.55. The van der Waals surface area contributed by atoms with E-state index < -0.39 is 16.1 Å². The predicted octanol–water partition coefficient (Wildman–Crippen LogP) is 6.14. The van der Waals surface area contributed by atoms with Crippen molar-refractivity contribution in [3.05, 3.63) is 52.5 Å². The highest BCUT2D eigenvalue weighted by atomic mass is 28.4. The molecule has 3 heteroatoms. The van der Waals surface area contributed by atoms with Crippen molar-refractivity contribution in [2.75, 3.05) is 7.11 Å². The zero-order chi connectivity index (χ0) is 17.3. The van der Waals surface area contributed by atoms with Crippen LogP contribution in [0.5, 0.6) is 5.75 Å². The molecule has 2 aromatic rings. The van der Waals surface area contributed by atoms with E-state index >= 15 is 0 Å². The quantitative estimate of drug-likeness (QED) is 0.479. The van der Waals surface area contributed by atoms with Crippen molar-refractivity contribution in [3.63, 3.8) is 0 Å². The first-order valence-corrected chi connectivity index (χ1v) is 15.2. The van der Waals surface area contributed by atoms with Crippen molar-refractivity contribution in [1.29, 1.82) is 0 Å². The van der Waals surface area contributed by atoms with Gasteiger partial charge in [-0.1, -0.05) is 62.3 Å². The van der Waals surface area contributed by atoms with Crippen molar-refractivity contribution in [2.45, 2.75) is 39.3 Å². The average Bonchev–Trinajstić information content (AvgIpc) is 2.44. The van der Waals surface area contributed by atoms with Gasteiger partial charge in [0.05, 0.1) is 23.3 Å². The van der Waals surface area contributed by atoms with E-state index in [0.717, 1.165) is 5.75 Å². The summed E-state index contributed by atoms with van der Waals surface area (Å²) in [5, 5.41) is 2.45. The summed E-state index contributed by atoms with van der Waals surface area (Å²) in [7, 11) is -0.939. The summed E-state index contributed by atoms with van der Waals surface area (Å²) in [5.41, 5.74) is 4.91. The average molecular weight is 341 g/mol. The van der Waals surface area contributed by atoms with Crippen LogP contribution < -0.4 is 4.74 Å². The minimum atomic E-state index is -1.32. The summed E-state index contributed by atoms with van der Waals surface area (Å²) in [4.78, 5) is 1.61. The molecule has 0 aliphatic rings. The molecule has 0 N–H and O–H groups in total. The standard InChI is InChI=1S/C20H28OSi2/c1-21-19-12-11-17-14-16(8-10-18(17)15-19)9-13-20(22(2,3)4)23(5,6)7/h8-12,14-15H,1-7H3. The lowest BCUT2D eigenvalue weighted by molar-refractivity contribution is 0.415. The van der Waals surface area contributed by atoms with Crippen LogP contribution in [0.4, 0.5) is 0 Å². The van der Waals surface area contributed by atoms with Crippen molar-refractivity contribution in [2.24, 2.45) is 0 Å². The van der Waals surface area contributed by atoms with Gasteiger partial charge in [-0.05, 0) is 40.6 Å². The SMILES string of the molecule is COc1ccc2cc(C=C=C([Si](C)(C)C)[Si](C)(C)C)ccc2c1. The topological polar surface area (TPSA) is 9.23 Å². The van der Waals surface area contributed by atoms with Crippen LogP contribution in [0.1, 0.15) is 5.56 Å². The predicted molar refractivity (Wildman–Crippen MR) is 109 cm³/mol. The van der Waals surface area contributed by atoms with E-state index in [4.69, 9.17) is 4.74 Å². The highest BCUT2D eigenvalue weighted by Crippen LogP contribution is 2.25. The van der Waals surface area contributed by atoms with Gasteiger partial charge in [-0.2, -0.15) is 0 Å². The molecule has 122 valence electrons. The number of methoxy groups -OCH3 is 1. The number of hydrogen-bond donors (Lipinski definition) is 0. The van der Waals surface area contributed by atoms with Crippen molar-refractivity contribution in [1.82, 2.24) is 0 Å². The van der Waals surface area contributed by atoms with Crippen LogP contribution in [0, 0.1) is 0 Å². The fourth-order valence-corrected chi connectivity index (χ4v) is 13.2. The fourth-order valence-electron chi connectivity index (χ4n) is 3.17. The van der Waals surface area contributed by atoms with Crippen LogP contribution in [0.3, 0.4) is 0 Å². The zero-order valence-electron chi connectivity index (χ0n) is 15.4. The van der Waals surface area contributed by atoms with Gasteiger partial charge >= 0.3 is 0 Å². The van der Waals surface area contributed by atoms with Gasteiger partial charge in [-0.15, -0.1) is 5.73 Å². The molecule has 0 unspecified atom stereocenters. The molecular formula is C20H28OSi2. The van der Waals surface area contributed by atoms with Gasteiger partial charge in [0.1, 0.15) is 5.75 Å². The van der Waals surface area contributed by atoms with Crippen LogP contribution in [-0.2, 0) is 0 Å². The molecule has 0 heterocycles. The monoisotopic (exact) mass is 340 g/mol. The lowest BCUT2D eigenvalue weighted by atomic mass is 10.1. The minimum Gasteiger partial charge on any atom is -0.497 e. The van der Waals surface area contributed by atoms with E-state index in [1.807, 2.05) is 6.07 Å². The molecule has 0 amide bonds. The highest BCUT2D eigenvalue weighted by Gasteiger charge is 2.30. The van der Waals surface area contributed by atoms with E-state index in [1.54, 1.807) is 11.9 Å². The van der Waals surface area contributed by atoms with E-state index in [-0.39, 0.29) is 0 Å². The Morgan fingerprint density at radius 3 is 2.00 bits per heavy atom. The first-order chi connectivity index (χ1) is 10.6. The molecule has 0 aliphatic carbocycles. The van der Waals surface area contributed by atoms with E-state index in [0.29, 0.717) is 0 Å². The van der Waals surface area contributed by atoms with Gasteiger partial charge in [-0.25, -0.2) is 0 Å². The summed E-state index contributed by atoms with van der Waals surface area (Å²) >= 11 is 0. The molecule has 2 rings (SSSR count). The van der Waals surface area contributed by atoms with E-state index in [2.05, 4.69) is 81.4 Å². The molecular weight excluding hydrogens is 312 g/mol. The van der Waals surface area contributed by atoms with E-state index in [1.165, 1.54) is 16.3 Å². The molecule has 0 bridgehead atoms. The normalized spacial score (nSPS) is 12.0. The van der Waals surface area contributed by atoms with Crippen molar-refractivity contribution < 1.29 is 4.74 Å². The lowest BCUT2D eigenvalue weighted by Gasteiger charge is -2.29.